The van der Waals surface area contributed by atoms with Crippen molar-refractivity contribution in [2.75, 3.05) is 13.1 Å². The highest BCUT2D eigenvalue weighted by atomic mass is 15.0. The van der Waals surface area contributed by atoms with Crippen molar-refractivity contribution >= 4 is 21.8 Å². The van der Waals surface area contributed by atoms with Crippen molar-refractivity contribution < 1.29 is 0 Å². The fourth-order valence-electron chi connectivity index (χ4n) is 4.49. The number of aryl methyl sites for hydroxylation is 2. The molecule has 1 unspecified atom stereocenters. The zero-order valence-corrected chi connectivity index (χ0v) is 18.4. The van der Waals surface area contributed by atoms with Crippen molar-refractivity contribution in [3.05, 3.63) is 47.5 Å². The Morgan fingerprint density at radius 2 is 1.34 bits per heavy atom. The van der Waals surface area contributed by atoms with Crippen LogP contribution in [0, 0.1) is 5.92 Å². The van der Waals surface area contributed by atoms with Crippen LogP contribution in [0.15, 0.2) is 36.4 Å². The van der Waals surface area contributed by atoms with E-state index in [0.29, 0.717) is 0 Å². The highest BCUT2D eigenvalue weighted by molar-refractivity contribution is 6.08. The highest BCUT2D eigenvalue weighted by Gasteiger charge is 2.15. The summed E-state index contributed by atoms with van der Waals surface area (Å²) in [4.78, 5) is 0. The summed E-state index contributed by atoms with van der Waals surface area (Å²) in [6.45, 7) is 7.24. The lowest BCUT2D eigenvalue weighted by Crippen LogP contribution is -2.10. The Kier molecular flexibility index (Phi) is 8.14. The third-order valence-corrected chi connectivity index (χ3v) is 6.32. The minimum Gasteiger partial charge on any atom is -0.340 e. The zero-order chi connectivity index (χ0) is 20.6. The Morgan fingerprint density at radius 1 is 0.793 bits per heavy atom. The molecular weight excluding hydrogens is 354 g/mol. The molecular formula is C26H39N3. The first-order valence-corrected chi connectivity index (χ1v) is 11.7. The van der Waals surface area contributed by atoms with E-state index in [0.717, 1.165) is 51.2 Å². The highest BCUT2D eigenvalue weighted by Crippen LogP contribution is 2.33. The van der Waals surface area contributed by atoms with Crippen LogP contribution >= 0.6 is 0 Å². The number of unbranched alkanes of at least 4 members (excludes halogenated alkanes) is 1. The van der Waals surface area contributed by atoms with Crippen molar-refractivity contribution in [2.24, 2.45) is 17.4 Å². The van der Waals surface area contributed by atoms with Gasteiger partial charge < -0.3 is 16.0 Å². The molecule has 0 fully saturated rings. The van der Waals surface area contributed by atoms with Crippen LogP contribution in [0.5, 0.6) is 0 Å². The van der Waals surface area contributed by atoms with Crippen molar-refractivity contribution in [2.45, 2.75) is 71.8 Å². The largest absolute Gasteiger partial charge is 0.340 e. The Balaban J connectivity index is 2.07. The van der Waals surface area contributed by atoms with Gasteiger partial charge in [-0.3, -0.25) is 0 Å². The number of aromatic nitrogens is 1. The number of nitrogens with zero attached hydrogens (tertiary/aromatic N) is 1. The van der Waals surface area contributed by atoms with Crippen molar-refractivity contribution in [3.8, 4) is 0 Å². The average molecular weight is 394 g/mol. The summed E-state index contributed by atoms with van der Waals surface area (Å²) in [5, 5.41) is 2.80. The topological polar surface area (TPSA) is 57.0 Å². The average Bonchev–Trinajstić information content (AvgIpc) is 3.05. The van der Waals surface area contributed by atoms with E-state index >= 15 is 0 Å². The molecule has 0 aliphatic carbocycles. The van der Waals surface area contributed by atoms with E-state index in [2.05, 4.69) is 54.8 Å². The van der Waals surface area contributed by atoms with Gasteiger partial charge in [0.15, 0.2) is 0 Å². The maximum atomic E-state index is 5.75. The number of rotatable bonds is 12. The molecule has 3 rings (SSSR count). The maximum absolute atomic E-state index is 5.75. The molecule has 0 saturated heterocycles. The SMILES string of the molecule is CCCCC(CC)Cn1c2ccc(CCCN)cc2c2cc(CCCN)ccc21. The van der Waals surface area contributed by atoms with E-state index in [-0.39, 0.29) is 0 Å². The molecule has 29 heavy (non-hydrogen) atoms. The quantitative estimate of drug-likeness (QED) is 0.409. The molecule has 0 aliphatic heterocycles. The molecule has 0 spiro atoms. The minimum atomic E-state index is 0.739. The van der Waals surface area contributed by atoms with Crippen LogP contribution in [0.3, 0.4) is 0 Å². The van der Waals surface area contributed by atoms with Gasteiger partial charge >= 0.3 is 0 Å². The molecule has 0 amide bonds. The van der Waals surface area contributed by atoms with Crippen molar-refractivity contribution in [1.82, 2.24) is 4.57 Å². The van der Waals surface area contributed by atoms with Crippen LogP contribution in [0.2, 0.25) is 0 Å². The molecule has 1 aromatic heterocycles. The molecule has 3 aromatic rings. The molecule has 0 bridgehead atoms. The first-order valence-electron chi connectivity index (χ1n) is 11.7. The lowest BCUT2D eigenvalue weighted by molar-refractivity contribution is 0.401. The number of benzene rings is 2. The van der Waals surface area contributed by atoms with Gasteiger partial charge in [-0.2, -0.15) is 0 Å². The Bertz CT molecular complexity index is 844. The van der Waals surface area contributed by atoms with E-state index in [9.17, 15) is 0 Å². The molecule has 3 nitrogen and oxygen atoms in total. The Labute approximate surface area is 176 Å². The van der Waals surface area contributed by atoms with Crippen molar-refractivity contribution in [3.63, 3.8) is 0 Å². The van der Waals surface area contributed by atoms with Gasteiger partial charge in [0, 0.05) is 28.4 Å². The summed E-state index contributed by atoms with van der Waals surface area (Å²) in [6.07, 6.45) is 9.35. The second-order valence-electron chi connectivity index (χ2n) is 8.51. The minimum absolute atomic E-state index is 0.739. The summed E-state index contributed by atoms with van der Waals surface area (Å²) in [5.41, 5.74) is 17.0. The van der Waals surface area contributed by atoms with Crippen LogP contribution in [-0.2, 0) is 19.4 Å². The van der Waals surface area contributed by atoms with E-state index in [1.54, 1.807) is 0 Å². The monoisotopic (exact) mass is 393 g/mol. The van der Waals surface area contributed by atoms with Crippen molar-refractivity contribution in [1.29, 1.82) is 0 Å². The van der Waals surface area contributed by atoms with E-state index in [1.165, 1.54) is 58.6 Å². The Hall–Kier alpha value is -1.84. The van der Waals surface area contributed by atoms with Crippen LogP contribution in [0.25, 0.3) is 21.8 Å². The fourth-order valence-corrected chi connectivity index (χ4v) is 4.49. The molecule has 1 heterocycles. The summed E-state index contributed by atoms with van der Waals surface area (Å²) in [7, 11) is 0. The van der Waals surface area contributed by atoms with E-state index in [1.807, 2.05) is 0 Å². The Morgan fingerprint density at radius 3 is 1.79 bits per heavy atom. The third kappa shape index (κ3) is 5.21. The number of hydrogen-bond acceptors (Lipinski definition) is 2. The van der Waals surface area contributed by atoms with Gasteiger partial charge in [-0.15, -0.1) is 0 Å². The second kappa shape index (κ2) is 10.8. The lowest BCUT2D eigenvalue weighted by atomic mass is 9.99. The first-order chi connectivity index (χ1) is 14.2. The van der Waals surface area contributed by atoms with E-state index in [4.69, 9.17) is 11.5 Å². The first kappa shape index (κ1) is 21.9. The summed E-state index contributed by atoms with van der Waals surface area (Å²) < 4.78 is 2.58. The predicted molar refractivity (Wildman–Crippen MR) is 128 cm³/mol. The zero-order valence-electron chi connectivity index (χ0n) is 18.4. The summed E-state index contributed by atoms with van der Waals surface area (Å²) in [6, 6.07) is 14.1. The van der Waals surface area contributed by atoms with Gasteiger partial charge in [-0.05, 0) is 86.5 Å². The van der Waals surface area contributed by atoms with Gasteiger partial charge in [0.1, 0.15) is 0 Å². The molecule has 1 atom stereocenters. The number of fused-ring (bicyclic) bond motifs is 3. The van der Waals surface area contributed by atoms with Crippen LogP contribution in [0.4, 0.5) is 0 Å². The molecule has 0 radical (unpaired) electrons. The summed E-state index contributed by atoms with van der Waals surface area (Å²) in [5.74, 6) is 0.739. The molecule has 158 valence electrons. The number of hydrogen-bond donors (Lipinski definition) is 2. The van der Waals surface area contributed by atoms with Gasteiger partial charge in [-0.1, -0.05) is 45.2 Å². The van der Waals surface area contributed by atoms with Gasteiger partial charge in [0.25, 0.3) is 0 Å². The van der Waals surface area contributed by atoms with Crippen LogP contribution in [-0.4, -0.2) is 17.7 Å². The summed E-state index contributed by atoms with van der Waals surface area (Å²) >= 11 is 0. The molecule has 2 aromatic carbocycles. The lowest BCUT2D eigenvalue weighted by Gasteiger charge is -2.17. The number of nitrogens with two attached hydrogens (primary N) is 2. The van der Waals surface area contributed by atoms with Gasteiger partial charge in [0.2, 0.25) is 0 Å². The normalized spacial score (nSPS) is 12.8. The molecule has 4 N–H and O–H groups in total. The standard InChI is InChI=1S/C26H39N3/c1-3-5-8-20(4-2)19-29-25-13-11-21(9-6-15-27)17-23(25)24-18-22(10-7-16-28)12-14-26(24)29/h11-14,17-18,20H,3-10,15-16,19,27-28H2,1-2H3. The molecule has 0 saturated carbocycles. The van der Waals surface area contributed by atoms with Crippen LogP contribution < -0.4 is 11.5 Å². The van der Waals surface area contributed by atoms with Gasteiger partial charge in [0.05, 0.1) is 0 Å². The molecule has 0 aliphatic rings. The second-order valence-corrected chi connectivity index (χ2v) is 8.51. The van der Waals surface area contributed by atoms with E-state index < -0.39 is 0 Å². The molecule has 3 heteroatoms. The smallest absolute Gasteiger partial charge is 0.0491 e. The fraction of sp³-hybridized carbons (Fsp3) is 0.538. The third-order valence-electron chi connectivity index (χ3n) is 6.32. The van der Waals surface area contributed by atoms with Gasteiger partial charge in [-0.25, -0.2) is 0 Å². The van der Waals surface area contributed by atoms with Crippen LogP contribution in [0.1, 0.15) is 63.5 Å². The predicted octanol–water partition coefficient (Wildman–Crippen LogP) is 5.79. The maximum Gasteiger partial charge on any atom is 0.0491 e.